The van der Waals surface area contributed by atoms with Crippen LogP contribution in [0.3, 0.4) is 0 Å². The van der Waals surface area contributed by atoms with Crippen LogP contribution in [0.25, 0.3) is 0 Å². The van der Waals surface area contributed by atoms with Crippen molar-refractivity contribution in [3.63, 3.8) is 0 Å². The number of nitrogens with zero attached hydrogens (tertiary/aromatic N) is 1. The van der Waals surface area contributed by atoms with Crippen LogP contribution in [0, 0.1) is 0 Å². The zero-order chi connectivity index (χ0) is 14.9. The second-order valence-electron chi connectivity index (χ2n) is 7.30. The molecule has 0 bridgehead atoms. The lowest BCUT2D eigenvalue weighted by molar-refractivity contribution is 0.0988. The molecule has 0 saturated carbocycles. The van der Waals surface area contributed by atoms with E-state index in [1.807, 2.05) is 0 Å². The van der Waals surface area contributed by atoms with Crippen LogP contribution in [-0.2, 0) is 10.2 Å². The number of rotatable bonds is 2. The fourth-order valence-electron chi connectivity index (χ4n) is 2.83. The average Bonchev–Trinajstić information content (AvgIpc) is 2.37. The van der Waals surface area contributed by atoms with Gasteiger partial charge in [0.2, 0.25) is 0 Å². The molecule has 2 nitrogen and oxygen atoms in total. The van der Waals surface area contributed by atoms with Gasteiger partial charge in [-0.15, -0.1) is 0 Å². The van der Waals surface area contributed by atoms with Gasteiger partial charge in [0.25, 0.3) is 0 Å². The predicted molar refractivity (Wildman–Crippen MR) is 86.9 cm³/mol. The molecule has 0 aromatic heterocycles. The summed E-state index contributed by atoms with van der Waals surface area (Å²) in [4.78, 5) is 2.52. The maximum atomic E-state index is 5.59. The van der Waals surface area contributed by atoms with Crippen LogP contribution in [0.1, 0.15) is 58.6 Å². The monoisotopic (exact) mass is 275 g/mol. The highest BCUT2D eigenvalue weighted by molar-refractivity contribution is 5.58. The normalized spacial score (nSPS) is 20.6. The van der Waals surface area contributed by atoms with Crippen molar-refractivity contribution in [2.75, 3.05) is 24.7 Å². The summed E-state index contributed by atoms with van der Waals surface area (Å²) in [5, 5.41) is 0. The smallest absolute Gasteiger partial charge is 0.0668 e. The maximum absolute atomic E-state index is 5.59. The highest BCUT2D eigenvalue weighted by Gasteiger charge is 2.24. The summed E-state index contributed by atoms with van der Waals surface area (Å²) in [6, 6.07) is 7.47. The Kier molecular flexibility index (Phi) is 4.43. The Labute approximate surface area is 124 Å². The van der Waals surface area contributed by atoms with E-state index in [9.17, 15) is 0 Å². The van der Waals surface area contributed by atoms with Gasteiger partial charge in [-0.05, 0) is 35.4 Å². The first-order chi connectivity index (χ1) is 9.30. The van der Waals surface area contributed by atoms with E-state index in [-0.39, 0.29) is 5.41 Å². The highest BCUT2D eigenvalue weighted by atomic mass is 16.5. The summed E-state index contributed by atoms with van der Waals surface area (Å²) in [6.45, 7) is 16.3. The van der Waals surface area contributed by atoms with Crippen molar-refractivity contribution in [3.05, 3.63) is 29.3 Å². The zero-order valence-electron chi connectivity index (χ0n) is 13.9. The van der Waals surface area contributed by atoms with Gasteiger partial charge in [-0.1, -0.05) is 46.8 Å². The number of ether oxygens (including phenoxy) is 1. The van der Waals surface area contributed by atoms with E-state index >= 15 is 0 Å². The number of anilines is 1. The first-order valence-corrected chi connectivity index (χ1v) is 7.79. The summed E-state index contributed by atoms with van der Waals surface area (Å²) < 4.78 is 5.59. The summed E-state index contributed by atoms with van der Waals surface area (Å²) in [6.07, 6.45) is 0. The molecule has 1 heterocycles. The van der Waals surface area contributed by atoms with E-state index in [1.54, 1.807) is 0 Å². The number of hydrogen-bond acceptors (Lipinski definition) is 2. The zero-order valence-corrected chi connectivity index (χ0v) is 13.9. The van der Waals surface area contributed by atoms with E-state index in [0.717, 1.165) is 19.8 Å². The van der Waals surface area contributed by atoms with Crippen LogP contribution in [0.2, 0.25) is 0 Å². The third-order valence-electron chi connectivity index (χ3n) is 4.20. The van der Waals surface area contributed by atoms with Gasteiger partial charge in [0.05, 0.1) is 13.2 Å². The molecule has 1 aromatic rings. The van der Waals surface area contributed by atoms with Gasteiger partial charge in [0.15, 0.2) is 0 Å². The van der Waals surface area contributed by atoms with E-state index < -0.39 is 0 Å². The van der Waals surface area contributed by atoms with Crippen LogP contribution in [0.4, 0.5) is 5.69 Å². The molecule has 0 amide bonds. The Bertz CT molecular complexity index is 459. The molecule has 0 spiro atoms. The van der Waals surface area contributed by atoms with Crippen molar-refractivity contribution in [3.8, 4) is 0 Å². The number of hydrogen-bond donors (Lipinski definition) is 0. The lowest BCUT2D eigenvalue weighted by Gasteiger charge is -2.38. The molecule has 0 radical (unpaired) electrons. The fourth-order valence-corrected chi connectivity index (χ4v) is 2.83. The van der Waals surface area contributed by atoms with Crippen LogP contribution < -0.4 is 4.90 Å². The Morgan fingerprint density at radius 3 is 2.50 bits per heavy atom. The Morgan fingerprint density at radius 1 is 1.25 bits per heavy atom. The molecule has 0 N–H and O–H groups in total. The minimum atomic E-state index is 0.194. The first kappa shape index (κ1) is 15.4. The van der Waals surface area contributed by atoms with E-state index in [0.29, 0.717) is 12.0 Å². The lowest BCUT2D eigenvalue weighted by Crippen LogP contribution is -2.44. The molecule has 1 saturated heterocycles. The molecular weight excluding hydrogens is 246 g/mol. The van der Waals surface area contributed by atoms with Crippen LogP contribution >= 0.6 is 0 Å². The summed E-state index contributed by atoms with van der Waals surface area (Å²) >= 11 is 0. The summed E-state index contributed by atoms with van der Waals surface area (Å²) in [5.41, 5.74) is 4.46. The second kappa shape index (κ2) is 5.77. The third-order valence-corrected chi connectivity index (χ3v) is 4.20. The van der Waals surface area contributed by atoms with Gasteiger partial charge in [0.1, 0.15) is 0 Å². The van der Waals surface area contributed by atoms with Crippen molar-refractivity contribution in [2.45, 2.75) is 58.9 Å². The van der Waals surface area contributed by atoms with Crippen molar-refractivity contribution in [1.29, 1.82) is 0 Å². The molecule has 2 heteroatoms. The molecule has 1 aliphatic heterocycles. The number of benzene rings is 1. The van der Waals surface area contributed by atoms with Gasteiger partial charge in [-0.3, -0.25) is 0 Å². The Morgan fingerprint density at radius 2 is 1.95 bits per heavy atom. The fraction of sp³-hybridized carbons (Fsp3) is 0.667. The van der Waals surface area contributed by atoms with Crippen LogP contribution in [-0.4, -0.2) is 25.8 Å². The van der Waals surface area contributed by atoms with E-state index in [2.05, 4.69) is 64.6 Å². The molecule has 0 unspecified atom stereocenters. The molecular formula is C18H29NO. The first-order valence-electron chi connectivity index (χ1n) is 7.79. The van der Waals surface area contributed by atoms with Crippen LogP contribution in [0.5, 0.6) is 0 Å². The van der Waals surface area contributed by atoms with Gasteiger partial charge in [-0.2, -0.15) is 0 Å². The largest absolute Gasteiger partial charge is 0.377 e. The molecule has 112 valence electrons. The third kappa shape index (κ3) is 3.17. The van der Waals surface area contributed by atoms with Gasteiger partial charge < -0.3 is 9.64 Å². The summed E-state index contributed by atoms with van der Waals surface area (Å²) in [5.74, 6) is 0.550. The van der Waals surface area contributed by atoms with Crippen molar-refractivity contribution >= 4 is 5.69 Å². The van der Waals surface area contributed by atoms with Crippen molar-refractivity contribution < 1.29 is 4.74 Å². The van der Waals surface area contributed by atoms with Gasteiger partial charge in [-0.25, -0.2) is 0 Å². The van der Waals surface area contributed by atoms with Gasteiger partial charge >= 0.3 is 0 Å². The second-order valence-corrected chi connectivity index (χ2v) is 7.30. The standard InChI is InChI=1S/C18H29NO/c1-13(2)16-8-7-15(18(4,5)6)11-17(16)19-9-10-20-12-14(19)3/h7-8,11,13-14H,9-10,12H2,1-6H3/t14-/m0/s1. The molecule has 1 aliphatic rings. The van der Waals surface area contributed by atoms with E-state index in [4.69, 9.17) is 4.74 Å². The highest BCUT2D eigenvalue weighted by Crippen LogP contribution is 2.34. The Hall–Kier alpha value is -1.02. The predicted octanol–water partition coefficient (Wildman–Crippen LogP) is 4.33. The van der Waals surface area contributed by atoms with Crippen molar-refractivity contribution in [2.24, 2.45) is 0 Å². The average molecular weight is 275 g/mol. The molecule has 0 aliphatic carbocycles. The molecule has 20 heavy (non-hydrogen) atoms. The molecule has 1 atom stereocenters. The SMILES string of the molecule is CC(C)c1ccc(C(C)(C)C)cc1N1CCOC[C@@H]1C. The molecule has 2 rings (SSSR count). The van der Waals surface area contributed by atoms with Gasteiger partial charge in [0, 0.05) is 18.3 Å². The minimum absolute atomic E-state index is 0.194. The lowest BCUT2D eigenvalue weighted by atomic mass is 9.84. The molecule has 1 fully saturated rings. The summed E-state index contributed by atoms with van der Waals surface area (Å²) in [7, 11) is 0. The quantitative estimate of drug-likeness (QED) is 0.796. The number of morpholine rings is 1. The minimum Gasteiger partial charge on any atom is -0.377 e. The topological polar surface area (TPSA) is 12.5 Å². The Balaban J connectivity index is 2.46. The van der Waals surface area contributed by atoms with E-state index in [1.165, 1.54) is 16.8 Å². The molecule has 1 aromatic carbocycles. The maximum Gasteiger partial charge on any atom is 0.0668 e. The van der Waals surface area contributed by atoms with Crippen molar-refractivity contribution in [1.82, 2.24) is 0 Å². The van der Waals surface area contributed by atoms with Crippen LogP contribution in [0.15, 0.2) is 18.2 Å².